The van der Waals surface area contributed by atoms with Gasteiger partial charge in [-0.05, 0) is 25.0 Å². The Balaban J connectivity index is 1.28. The highest BCUT2D eigenvalue weighted by Crippen LogP contribution is 2.34. The molecule has 0 N–H and O–H groups in total. The maximum atomic E-state index is 12.6. The highest BCUT2D eigenvalue weighted by atomic mass is 32.2. The predicted octanol–water partition coefficient (Wildman–Crippen LogP) is 0.154. The lowest BCUT2D eigenvalue weighted by atomic mass is 10.0. The Morgan fingerprint density at radius 3 is 2.38 bits per heavy atom. The van der Waals surface area contributed by atoms with Gasteiger partial charge in [-0.2, -0.15) is 4.31 Å². The van der Waals surface area contributed by atoms with E-state index in [4.69, 9.17) is 0 Å². The van der Waals surface area contributed by atoms with Crippen LogP contribution in [0, 0.1) is 5.92 Å². The van der Waals surface area contributed by atoms with Crippen LogP contribution in [0.15, 0.2) is 24.4 Å². The van der Waals surface area contributed by atoms with Crippen molar-refractivity contribution in [2.45, 2.75) is 18.1 Å². The first kappa shape index (κ1) is 15.8. The first-order valence-corrected chi connectivity index (χ1v) is 10.00. The minimum absolute atomic E-state index is 0.0953. The van der Waals surface area contributed by atoms with E-state index in [1.54, 1.807) is 6.20 Å². The normalized spacial score (nSPS) is 23.2. The third kappa shape index (κ3) is 2.88. The van der Waals surface area contributed by atoms with Gasteiger partial charge < -0.3 is 9.80 Å². The van der Waals surface area contributed by atoms with Gasteiger partial charge in [0.1, 0.15) is 5.82 Å². The lowest BCUT2D eigenvalue weighted by molar-refractivity contribution is -0.139. The molecule has 1 amide bonds. The van der Waals surface area contributed by atoms with Crippen molar-refractivity contribution in [2.24, 2.45) is 5.92 Å². The van der Waals surface area contributed by atoms with Crippen LogP contribution >= 0.6 is 0 Å². The Morgan fingerprint density at radius 2 is 1.79 bits per heavy atom. The van der Waals surface area contributed by atoms with E-state index in [0.717, 1.165) is 31.7 Å². The zero-order valence-corrected chi connectivity index (χ0v) is 14.4. The van der Waals surface area contributed by atoms with E-state index in [0.29, 0.717) is 26.2 Å². The number of piperazine rings is 1. The molecule has 7 nitrogen and oxygen atoms in total. The summed E-state index contributed by atoms with van der Waals surface area (Å²) in [6.07, 6.45) is 3.32. The van der Waals surface area contributed by atoms with Gasteiger partial charge in [-0.3, -0.25) is 4.79 Å². The molecule has 0 unspecified atom stereocenters. The van der Waals surface area contributed by atoms with Crippen molar-refractivity contribution in [3.05, 3.63) is 24.4 Å². The molecule has 8 heteroatoms. The summed E-state index contributed by atoms with van der Waals surface area (Å²) in [5.74, 6) is 0.868. The molecule has 3 aliphatic rings. The second-order valence-electron chi connectivity index (χ2n) is 6.76. The maximum Gasteiger partial charge on any atom is 0.228 e. The highest BCUT2D eigenvalue weighted by molar-refractivity contribution is 7.90. The molecule has 1 saturated carbocycles. The molecular weight excluding hydrogens is 328 g/mol. The second-order valence-corrected chi connectivity index (χ2v) is 8.97. The third-order valence-electron chi connectivity index (χ3n) is 5.07. The quantitative estimate of drug-likeness (QED) is 0.773. The number of anilines is 1. The molecule has 0 atom stereocenters. The van der Waals surface area contributed by atoms with Crippen LogP contribution in [0.1, 0.15) is 12.8 Å². The molecule has 130 valence electrons. The van der Waals surface area contributed by atoms with E-state index in [9.17, 15) is 13.2 Å². The SMILES string of the molecule is O=C(C1CN(S(=O)(=O)C2CC2)C1)N1CCN(c2ccccn2)CC1. The minimum atomic E-state index is -3.12. The second kappa shape index (κ2) is 6.00. The lowest BCUT2D eigenvalue weighted by Gasteiger charge is -2.42. The number of hydrogen-bond acceptors (Lipinski definition) is 5. The van der Waals surface area contributed by atoms with Gasteiger partial charge in [0.15, 0.2) is 0 Å². The Hall–Kier alpha value is -1.67. The lowest BCUT2D eigenvalue weighted by Crippen LogP contribution is -2.59. The monoisotopic (exact) mass is 350 g/mol. The summed E-state index contributed by atoms with van der Waals surface area (Å²) in [5, 5.41) is -0.185. The van der Waals surface area contributed by atoms with Crippen LogP contribution in [-0.4, -0.2) is 73.0 Å². The number of nitrogens with zero attached hydrogens (tertiary/aromatic N) is 4. The minimum Gasteiger partial charge on any atom is -0.353 e. The van der Waals surface area contributed by atoms with Crippen LogP contribution < -0.4 is 4.90 Å². The Labute approximate surface area is 142 Å². The number of carbonyl (C=O) groups is 1. The third-order valence-corrected chi connectivity index (χ3v) is 7.40. The number of sulfonamides is 1. The number of carbonyl (C=O) groups excluding carboxylic acids is 1. The average Bonchev–Trinajstić information content (AvgIpc) is 3.39. The fourth-order valence-corrected chi connectivity index (χ4v) is 5.26. The van der Waals surface area contributed by atoms with Crippen LogP contribution in [0.4, 0.5) is 5.82 Å². The van der Waals surface area contributed by atoms with Gasteiger partial charge in [-0.1, -0.05) is 6.07 Å². The van der Waals surface area contributed by atoms with E-state index in [2.05, 4.69) is 9.88 Å². The van der Waals surface area contributed by atoms with Crippen LogP contribution in [0.2, 0.25) is 0 Å². The maximum absolute atomic E-state index is 12.6. The Kier molecular flexibility index (Phi) is 3.96. The van der Waals surface area contributed by atoms with E-state index >= 15 is 0 Å². The zero-order chi connectivity index (χ0) is 16.7. The molecule has 4 rings (SSSR count). The van der Waals surface area contributed by atoms with Gasteiger partial charge in [0.05, 0.1) is 11.2 Å². The smallest absolute Gasteiger partial charge is 0.228 e. The molecule has 2 aliphatic heterocycles. The molecule has 1 aromatic rings. The molecule has 1 aliphatic carbocycles. The molecule has 0 spiro atoms. The molecule has 24 heavy (non-hydrogen) atoms. The number of rotatable bonds is 4. The van der Waals surface area contributed by atoms with Gasteiger partial charge in [-0.25, -0.2) is 13.4 Å². The summed E-state index contributed by atoms with van der Waals surface area (Å²) in [7, 11) is -3.12. The topological polar surface area (TPSA) is 73.8 Å². The zero-order valence-electron chi connectivity index (χ0n) is 13.5. The van der Waals surface area contributed by atoms with E-state index in [1.165, 1.54) is 4.31 Å². The molecule has 3 fully saturated rings. The average molecular weight is 350 g/mol. The van der Waals surface area contributed by atoms with E-state index in [-0.39, 0.29) is 17.1 Å². The molecule has 0 aromatic carbocycles. The number of hydrogen-bond donors (Lipinski definition) is 0. The summed E-state index contributed by atoms with van der Waals surface area (Å²) < 4.78 is 25.7. The number of pyridine rings is 1. The van der Waals surface area contributed by atoms with E-state index in [1.807, 2.05) is 23.1 Å². The van der Waals surface area contributed by atoms with Crippen molar-refractivity contribution in [2.75, 3.05) is 44.2 Å². The summed E-state index contributed by atoms with van der Waals surface area (Å²) in [6.45, 7) is 3.58. The first-order valence-electron chi connectivity index (χ1n) is 8.49. The standard InChI is InChI=1S/C16H22N4O3S/c21-16(13-11-20(12-13)24(22,23)14-4-5-14)19-9-7-18(8-10-19)15-3-1-2-6-17-15/h1-3,6,13-14H,4-5,7-12H2. The largest absolute Gasteiger partial charge is 0.353 e. The van der Waals surface area contributed by atoms with Gasteiger partial charge in [0.25, 0.3) is 0 Å². The van der Waals surface area contributed by atoms with Crippen molar-refractivity contribution in [3.8, 4) is 0 Å². The molecule has 2 saturated heterocycles. The molecule has 0 radical (unpaired) electrons. The molecule has 3 heterocycles. The van der Waals surface area contributed by atoms with Gasteiger partial charge in [-0.15, -0.1) is 0 Å². The van der Waals surface area contributed by atoms with Gasteiger partial charge in [0.2, 0.25) is 15.9 Å². The van der Waals surface area contributed by atoms with Crippen molar-refractivity contribution < 1.29 is 13.2 Å². The number of amides is 1. The highest BCUT2D eigenvalue weighted by Gasteiger charge is 2.47. The van der Waals surface area contributed by atoms with Crippen molar-refractivity contribution in [1.29, 1.82) is 0 Å². The fourth-order valence-electron chi connectivity index (χ4n) is 3.33. The Bertz CT molecular complexity index is 706. The van der Waals surface area contributed by atoms with Crippen molar-refractivity contribution in [1.82, 2.24) is 14.2 Å². The van der Waals surface area contributed by atoms with Crippen LogP contribution in [0.3, 0.4) is 0 Å². The summed E-state index contributed by atoms with van der Waals surface area (Å²) in [4.78, 5) is 20.9. The predicted molar refractivity (Wildman–Crippen MR) is 90.0 cm³/mol. The van der Waals surface area contributed by atoms with Crippen LogP contribution in [0.25, 0.3) is 0 Å². The Morgan fingerprint density at radius 1 is 1.08 bits per heavy atom. The molecule has 0 bridgehead atoms. The molecular formula is C16H22N4O3S. The van der Waals surface area contributed by atoms with E-state index < -0.39 is 10.0 Å². The van der Waals surface area contributed by atoms with Gasteiger partial charge >= 0.3 is 0 Å². The summed E-state index contributed by atoms with van der Waals surface area (Å²) in [6, 6.07) is 5.83. The summed E-state index contributed by atoms with van der Waals surface area (Å²) in [5.41, 5.74) is 0. The fraction of sp³-hybridized carbons (Fsp3) is 0.625. The van der Waals surface area contributed by atoms with Crippen molar-refractivity contribution >= 4 is 21.7 Å². The van der Waals surface area contributed by atoms with Crippen molar-refractivity contribution in [3.63, 3.8) is 0 Å². The summed E-state index contributed by atoms with van der Waals surface area (Å²) >= 11 is 0. The van der Waals surface area contributed by atoms with Crippen LogP contribution in [-0.2, 0) is 14.8 Å². The first-order chi connectivity index (χ1) is 11.6. The number of aromatic nitrogens is 1. The van der Waals surface area contributed by atoms with Gasteiger partial charge in [0, 0.05) is 45.5 Å². The molecule has 1 aromatic heterocycles. The van der Waals surface area contributed by atoms with Crippen LogP contribution in [0.5, 0.6) is 0 Å².